The number of nitriles is 1. The highest BCUT2D eigenvalue weighted by atomic mass is 19.1. The highest BCUT2D eigenvalue weighted by Crippen LogP contribution is 2.46. The molecule has 0 aromatic heterocycles. The largest absolute Gasteiger partial charge is 0.494 e. The van der Waals surface area contributed by atoms with Crippen LogP contribution in [0.15, 0.2) is 18.2 Å². The maximum Gasteiger partial charge on any atom is 0.165 e. The van der Waals surface area contributed by atoms with Crippen LogP contribution >= 0.6 is 0 Å². The lowest BCUT2D eigenvalue weighted by molar-refractivity contribution is 0.146. The zero-order chi connectivity index (χ0) is 14.8. The minimum atomic E-state index is -0.353. The van der Waals surface area contributed by atoms with E-state index in [2.05, 4.69) is 19.9 Å². The van der Waals surface area contributed by atoms with E-state index in [1.165, 1.54) is 13.2 Å². The van der Waals surface area contributed by atoms with Crippen LogP contribution in [0.4, 0.5) is 4.39 Å². The van der Waals surface area contributed by atoms with Crippen LogP contribution in [0.25, 0.3) is 0 Å². The van der Waals surface area contributed by atoms with Crippen LogP contribution in [0.3, 0.4) is 0 Å². The first-order chi connectivity index (χ1) is 9.40. The standard InChI is InChI=1S/C17H22FNO/c1-16(2)6-8-17(12-19,9-7-16)11-13-4-5-15(20-3)14(18)10-13/h4-5,10H,6-9,11H2,1-3H3. The molecule has 0 spiro atoms. The van der Waals surface area contributed by atoms with Gasteiger partial charge >= 0.3 is 0 Å². The molecule has 1 saturated carbocycles. The smallest absolute Gasteiger partial charge is 0.165 e. The molecule has 1 fully saturated rings. The average molecular weight is 275 g/mol. The fraction of sp³-hybridized carbons (Fsp3) is 0.588. The van der Waals surface area contributed by atoms with Crippen LogP contribution in [0.5, 0.6) is 5.75 Å². The Morgan fingerprint density at radius 1 is 1.25 bits per heavy atom. The number of ether oxygens (including phenoxy) is 1. The molecule has 2 rings (SSSR count). The Balaban J connectivity index is 2.15. The molecule has 0 bridgehead atoms. The highest BCUT2D eigenvalue weighted by Gasteiger charge is 2.38. The van der Waals surface area contributed by atoms with Crippen LogP contribution in [0.1, 0.15) is 45.1 Å². The van der Waals surface area contributed by atoms with Gasteiger partial charge in [0.1, 0.15) is 0 Å². The van der Waals surface area contributed by atoms with E-state index in [4.69, 9.17) is 4.74 Å². The van der Waals surface area contributed by atoms with Crippen LogP contribution < -0.4 is 4.74 Å². The molecule has 2 nitrogen and oxygen atoms in total. The summed E-state index contributed by atoms with van der Waals surface area (Å²) in [6.45, 7) is 4.50. The Morgan fingerprint density at radius 2 is 1.90 bits per heavy atom. The van der Waals surface area contributed by atoms with E-state index in [0.29, 0.717) is 11.8 Å². The summed E-state index contributed by atoms with van der Waals surface area (Å²) in [4.78, 5) is 0. The molecule has 0 N–H and O–H groups in total. The molecule has 0 heterocycles. The molecule has 0 radical (unpaired) electrons. The van der Waals surface area contributed by atoms with Crippen molar-refractivity contribution in [2.24, 2.45) is 10.8 Å². The number of hydrogen-bond acceptors (Lipinski definition) is 2. The molecule has 20 heavy (non-hydrogen) atoms. The van der Waals surface area contributed by atoms with Gasteiger partial charge in [0, 0.05) is 0 Å². The van der Waals surface area contributed by atoms with Crippen molar-refractivity contribution >= 4 is 0 Å². The molecule has 1 aliphatic rings. The second-order valence-corrected chi connectivity index (χ2v) is 6.70. The molecule has 0 atom stereocenters. The summed E-state index contributed by atoms with van der Waals surface area (Å²) in [7, 11) is 1.46. The van der Waals surface area contributed by atoms with Gasteiger partial charge < -0.3 is 4.74 Å². The summed E-state index contributed by atoms with van der Waals surface area (Å²) in [5, 5.41) is 9.57. The van der Waals surface area contributed by atoms with E-state index in [-0.39, 0.29) is 17.0 Å². The average Bonchev–Trinajstić information content (AvgIpc) is 2.42. The topological polar surface area (TPSA) is 33.0 Å². The number of nitrogens with zero attached hydrogens (tertiary/aromatic N) is 1. The van der Waals surface area contributed by atoms with Gasteiger partial charge in [0.05, 0.1) is 18.6 Å². The number of benzene rings is 1. The third-order valence-electron chi connectivity index (χ3n) is 4.56. The SMILES string of the molecule is COc1ccc(CC2(C#N)CCC(C)(C)CC2)cc1F. The van der Waals surface area contributed by atoms with Gasteiger partial charge in [-0.15, -0.1) is 0 Å². The van der Waals surface area contributed by atoms with Crippen molar-refractivity contribution < 1.29 is 9.13 Å². The lowest BCUT2D eigenvalue weighted by atomic mass is 9.64. The lowest BCUT2D eigenvalue weighted by Gasteiger charge is -2.39. The van der Waals surface area contributed by atoms with Gasteiger partial charge in [0.2, 0.25) is 0 Å². The second kappa shape index (κ2) is 5.44. The number of methoxy groups -OCH3 is 1. The van der Waals surface area contributed by atoms with E-state index >= 15 is 0 Å². The molecular formula is C17H22FNO. The summed E-state index contributed by atoms with van der Waals surface area (Å²) in [6.07, 6.45) is 4.52. The molecule has 0 aliphatic heterocycles. The Kier molecular flexibility index (Phi) is 4.04. The Hall–Kier alpha value is -1.56. The maximum absolute atomic E-state index is 13.7. The fourth-order valence-corrected chi connectivity index (χ4v) is 2.94. The van der Waals surface area contributed by atoms with Crippen molar-refractivity contribution in [1.29, 1.82) is 5.26 Å². The maximum atomic E-state index is 13.7. The van der Waals surface area contributed by atoms with Crippen LogP contribution in [-0.4, -0.2) is 7.11 Å². The van der Waals surface area contributed by atoms with E-state index in [9.17, 15) is 9.65 Å². The molecule has 1 aliphatic carbocycles. The van der Waals surface area contributed by atoms with Crippen molar-refractivity contribution in [3.63, 3.8) is 0 Å². The molecule has 1 aromatic rings. The summed E-state index contributed by atoms with van der Waals surface area (Å²) >= 11 is 0. The molecule has 0 saturated heterocycles. The molecule has 1 aromatic carbocycles. The highest BCUT2D eigenvalue weighted by molar-refractivity contribution is 5.30. The van der Waals surface area contributed by atoms with E-state index < -0.39 is 0 Å². The minimum absolute atomic E-state index is 0.254. The third kappa shape index (κ3) is 3.12. The van der Waals surface area contributed by atoms with Crippen molar-refractivity contribution in [1.82, 2.24) is 0 Å². The molecule has 0 amide bonds. The summed E-state index contributed by atoms with van der Waals surface area (Å²) in [6, 6.07) is 7.50. The molecular weight excluding hydrogens is 253 g/mol. The van der Waals surface area contributed by atoms with Gasteiger partial charge in [-0.2, -0.15) is 5.26 Å². The van der Waals surface area contributed by atoms with Gasteiger partial charge in [0.15, 0.2) is 11.6 Å². The zero-order valence-electron chi connectivity index (χ0n) is 12.5. The first-order valence-electron chi connectivity index (χ1n) is 7.13. The predicted molar refractivity (Wildman–Crippen MR) is 77.0 cm³/mol. The first kappa shape index (κ1) is 14.8. The Labute approximate surface area is 120 Å². The number of rotatable bonds is 3. The molecule has 108 valence electrons. The Bertz CT molecular complexity index is 520. The summed E-state index contributed by atoms with van der Waals surface area (Å²) in [5.41, 5.74) is 0.867. The van der Waals surface area contributed by atoms with Gasteiger partial charge in [-0.1, -0.05) is 19.9 Å². The predicted octanol–water partition coefficient (Wildman–Crippen LogP) is 4.49. The fourth-order valence-electron chi connectivity index (χ4n) is 2.94. The zero-order valence-corrected chi connectivity index (χ0v) is 12.5. The monoisotopic (exact) mass is 275 g/mol. The normalized spacial score (nSPS) is 20.1. The van der Waals surface area contributed by atoms with E-state index in [1.807, 2.05) is 6.07 Å². The second-order valence-electron chi connectivity index (χ2n) is 6.70. The van der Waals surface area contributed by atoms with Crippen molar-refractivity contribution in [3.05, 3.63) is 29.6 Å². The third-order valence-corrected chi connectivity index (χ3v) is 4.56. The van der Waals surface area contributed by atoms with Crippen molar-refractivity contribution in [2.45, 2.75) is 46.0 Å². The van der Waals surface area contributed by atoms with E-state index in [0.717, 1.165) is 31.2 Å². The van der Waals surface area contributed by atoms with Crippen LogP contribution in [0, 0.1) is 28.0 Å². The summed E-state index contributed by atoms with van der Waals surface area (Å²) in [5.74, 6) is -0.0984. The number of halogens is 1. The van der Waals surface area contributed by atoms with Gasteiger partial charge in [0.25, 0.3) is 0 Å². The molecule has 3 heteroatoms. The van der Waals surface area contributed by atoms with Crippen LogP contribution in [-0.2, 0) is 6.42 Å². The quantitative estimate of drug-likeness (QED) is 0.814. The van der Waals surface area contributed by atoms with Gasteiger partial charge in [-0.3, -0.25) is 0 Å². The van der Waals surface area contributed by atoms with Gasteiger partial charge in [-0.25, -0.2) is 4.39 Å². The molecule has 0 unspecified atom stereocenters. The van der Waals surface area contributed by atoms with Crippen LogP contribution in [0.2, 0.25) is 0 Å². The lowest BCUT2D eigenvalue weighted by Crippen LogP contribution is -2.31. The van der Waals surface area contributed by atoms with Crippen molar-refractivity contribution in [2.75, 3.05) is 7.11 Å². The van der Waals surface area contributed by atoms with Crippen molar-refractivity contribution in [3.8, 4) is 11.8 Å². The number of hydrogen-bond donors (Lipinski definition) is 0. The van der Waals surface area contributed by atoms with Gasteiger partial charge in [-0.05, 0) is 55.2 Å². The summed E-state index contributed by atoms with van der Waals surface area (Å²) < 4.78 is 18.7. The first-order valence-corrected chi connectivity index (χ1v) is 7.13. The Morgan fingerprint density at radius 3 is 2.40 bits per heavy atom. The minimum Gasteiger partial charge on any atom is -0.494 e. The van der Waals surface area contributed by atoms with E-state index in [1.54, 1.807) is 6.07 Å².